The summed E-state index contributed by atoms with van der Waals surface area (Å²) < 4.78 is 12.8. The summed E-state index contributed by atoms with van der Waals surface area (Å²) in [5, 5.41) is 17.7. The average Bonchev–Trinajstić information content (AvgIpc) is 3.04. The molecule has 2 heterocycles. The molecule has 0 aromatic carbocycles. The maximum atomic E-state index is 13.1. The number of hydrogen-bond acceptors (Lipinski definition) is 5. The van der Waals surface area contributed by atoms with Gasteiger partial charge in [0.15, 0.2) is 0 Å². The van der Waals surface area contributed by atoms with E-state index in [-0.39, 0.29) is 30.1 Å². The fraction of sp³-hybridized carbons (Fsp3) is 0.800. The highest BCUT2D eigenvalue weighted by Gasteiger charge is 2.35. The Bertz CT molecular complexity index is 652. The standard InChI is InChI=1S/C20H33N3O4/c1-14-11-16-17(15(2)27-14)22-23(9-10-26-3)18(16)19(25)21-12-20(13-24)7-5-4-6-8-20/h14-15,24H,4-13H2,1-3H3,(H,21,25)/t14-,15+/m0/s1. The van der Waals surface area contributed by atoms with Crippen LogP contribution in [0.25, 0.3) is 0 Å². The zero-order valence-corrected chi connectivity index (χ0v) is 16.8. The number of carbonyl (C=O) groups excluding carboxylic acids is 1. The van der Waals surface area contributed by atoms with Crippen molar-refractivity contribution < 1.29 is 19.4 Å². The molecule has 0 saturated heterocycles. The van der Waals surface area contributed by atoms with E-state index in [0.717, 1.165) is 36.9 Å². The molecule has 2 aliphatic rings. The lowest BCUT2D eigenvalue weighted by molar-refractivity contribution is -0.00717. The van der Waals surface area contributed by atoms with Gasteiger partial charge in [-0.05, 0) is 26.7 Å². The summed E-state index contributed by atoms with van der Waals surface area (Å²) in [6.07, 6.45) is 5.99. The smallest absolute Gasteiger partial charge is 0.269 e. The van der Waals surface area contributed by atoms with Gasteiger partial charge in [-0.1, -0.05) is 19.3 Å². The molecular weight excluding hydrogens is 346 g/mol. The van der Waals surface area contributed by atoms with Crippen LogP contribution in [-0.2, 0) is 22.4 Å². The lowest BCUT2D eigenvalue weighted by Crippen LogP contribution is -2.42. The van der Waals surface area contributed by atoms with Gasteiger partial charge in [0.2, 0.25) is 0 Å². The Morgan fingerprint density at radius 2 is 2.11 bits per heavy atom. The Balaban J connectivity index is 1.82. The van der Waals surface area contributed by atoms with E-state index in [4.69, 9.17) is 9.47 Å². The highest BCUT2D eigenvalue weighted by atomic mass is 16.5. The van der Waals surface area contributed by atoms with Crippen molar-refractivity contribution in [2.45, 2.75) is 71.1 Å². The van der Waals surface area contributed by atoms with Gasteiger partial charge in [-0.15, -0.1) is 0 Å². The summed E-state index contributed by atoms with van der Waals surface area (Å²) in [5.74, 6) is -0.112. The van der Waals surface area contributed by atoms with Crippen LogP contribution in [0.4, 0.5) is 0 Å². The van der Waals surface area contributed by atoms with Crippen molar-refractivity contribution in [2.75, 3.05) is 26.9 Å². The molecule has 1 aliphatic heterocycles. The van der Waals surface area contributed by atoms with E-state index >= 15 is 0 Å². The molecule has 3 rings (SSSR count). The van der Waals surface area contributed by atoms with E-state index in [0.29, 0.717) is 31.8 Å². The first-order chi connectivity index (χ1) is 13.0. The summed E-state index contributed by atoms with van der Waals surface area (Å²) in [6, 6.07) is 0. The normalized spacial score (nSPS) is 24.4. The van der Waals surface area contributed by atoms with Crippen molar-refractivity contribution in [3.8, 4) is 0 Å². The van der Waals surface area contributed by atoms with Crippen LogP contribution in [-0.4, -0.2) is 53.8 Å². The molecule has 7 heteroatoms. The van der Waals surface area contributed by atoms with Crippen molar-refractivity contribution in [3.63, 3.8) is 0 Å². The van der Waals surface area contributed by atoms with Crippen molar-refractivity contribution >= 4 is 5.91 Å². The topological polar surface area (TPSA) is 85.6 Å². The second kappa shape index (κ2) is 8.71. The van der Waals surface area contributed by atoms with Gasteiger partial charge in [0.05, 0.1) is 37.7 Å². The zero-order chi connectivity index (χ0) is 19.4. The predicted molar refractivity (Wildman–Crippen MR) is 102 cm³/mol. The molecule has 0 bridgehead atoms. The number of rotatable bonds is 7. The van der Waals surface area contributed by atoms with Crippen LogP contribution in [0.1, 0.15) is 73.8 Å². The van der Waals surface area contributed by atoms with Gasteiger partial charge < -0.3 is 19.9 Å². The number of aromatic nitrogens is 2. The van der Waals surface area contributed by atoms with Crippen LogP contribution in [0.15, 0.2) is 0 Å². The second-order valence-electron chi connectivity index (χ2n) is 8.12. The molecule has 1 aromatic heterocycles. The third-order valence-corrected chi connectivity index (χ3v) is 5.99. The Kier molecular flexibility index (Phi) is 6.55. The number of hydrogen-bond donors (Lipinski definition) is 2. The third-order valence-electron chi connectivity index (χ3n) is 5.99. The van der Waals surface area contributed by atoms with Crippen molar-refractivity contribution in [1.82, 2.24) is 15.1 Å². The lowest BCUT2D eigenvalue weighted by Gasteiger charge is -2.35. The number of nitrogens with zero attached hydrogens (tertiary/aromatic N) is 2. The van der Waals surface area contributed by atoms with Gasteiger partial charge in [-0.25, -0.2) is 0 Å². The zero-order valence-electron chi connectivity index (χ0n) is 16.8. The van der Waals surface area contributed by atoms with Crippen molar-refractivity contribution in [3.05, 3.63) is 17.0 Å². The largest absolute Gasteiger partial charge is 0.396 e. The SMILES string of the molecule is COCCn1nc2c(c1C(=O)NCC1(CO)CCCCC1)C[C@H](C)O[C@@H]2C. The molecule has 2 atom stereocenters. The van der Waals surface area contributed by atoms with Crippen LogP contribution >= 0.6 is 0 Å². The van der Waals surface area contributed by atoms with Crippen LogP contribution in [0, 0.1) is 5.41 Å². The molecular formula is C20H33N3O4. The quantitative estimate of drug-likeness (QED) is 0.759. The minimum absolute atomic E-state index is 0.0567. The van der Waals surface area contributed by atoms with Crippen molar-refractivity contribution in [2.24, 2.45) is 5.41 Å². The number of nitrogens with one attached hydrogen (secondary N) is 1. The van der Waals surface area contributed by atoms with Gasteiger partial charge >= 0.3 is 0 Å². The van der Waals surface area contributed by atoms with Crippen LogP contribution in [0.2, 0.25) is 0 Å². The summed E-state index contributed by atoms with van der Waals surface area (Å²) in [5.41, 5.74) is 2.27. The Morgan fingerprint density at radius 3 is 2.78 bits per heavy atom. The number of carbonyl (C=O) groups is 1. The van der Waals surface area contributed by atoms with E-state index in [1.807, 2.05) is 13.8 Å². The number of fused-ring (bicyclic) bond motifs is 1. The highest BCUT2D eigenvalue weighted by molar-refractivity contribution is 5.94. The molecule has 1 aromatic rings. The van der Waals surface area contributed by atoms with Gasteiger partial charge in [-0.3, -0.25) is 9.48 Å². The molecule has 1 amide bonds. The monoisotopic (exact) mass is 379 g/mol. The summed E-state index contributed by atoms with van der Waals surface area (Å²) >= 11 is 0. The number of amides is 1. The molecule has 0 unspecified atom stereocenters. The summed E-state index contributed by atoms with van der Waals surface area (Å²) in [7, 11) is 1.64. The average molecular weight is 380 g/mol. The van der Waals surface area contributed by atoms with Crippen molar-refractivity contribution in [1.29, 1.82) is 0 Å². The molecule has 2 N–H and O–H groups in total. The van der Waals surface area contributed by atoms with E-state index < -0.39 is 0 Å². The fourth-order valence-corrected chi connectivity index (χ4v) is 4.43. The molecule has 1 fully saturated rings. The lowest BCUT2D eigenvalue weighted by atomic mass is 9.74. The van der Waals surface area contributed by atoms with E-state index in [9.17, 15) is 9.90 Å². The van der Waals surface area contributed by atoms with Gasteiger partial charge in [0.25, 0.3) is 5.91 Å². The summed E-state index contributed by atoms with van der Waals surface area (Å²) in [6.45, 7) is 5.65. The van der Waals surface area contributed by atoms with E-state index in [1.165, 1.54) is 6.42 Å². The Morgan fingerprint density at radius 1 is 1.37 bits per heavy atom. The molecule has 7 nitrogen and oxygen atoms in total. The Hall–Kier alpha value is -1.44. The highest BCUT2D eigenvalue weighted by Crippen LogP contribution is 2.36. The van der Waals surface area contributed by atoms with Gasteiger partial charge in [0, 0.05) is 31.1 Å². The summed E-state index contributed by atoms with van der Waals surface area (Å²) in [4.78, 5) is 13.1. The maximum Gasteiger partial charge on any atom is 0.269 e. The molecule has 152 valence electrons. The minimum Gasteiger partial charge on any atom is -0.396 e. The second-order valence-corrected chi connectivity index (χ2v) is 8.12. The predicted octanol–water partition coefficient (Wildman–Crippen LogP) is 2.22. The van der Waals surface area contributed by atoms with E-state index in [2.05, 4.69) is 10.4 Å². The molecule has 0 radical (unpaired) electrons. The first-order valence-corrected chi connectivity index (χ1v) is 10.1. The Labute approximate surface area is 161 Å². The van der Waals surface area contributed by atoms with E-state index in [1.54, 1.807) is 11.8 Å². The van der Waals surface area contributed by atoms with Gasteiger partial charge in [-0.2, -0.15) is 5.10 Å². The fourth-order valence-electron chi connectivity index (χ4n) is 4.43. The third kappa shape index (κ3) is 4.36. The molecule has 1 saturated carbocycles. The first kappa shape index (κ1) is 20.3. The van der Waals surface area contributed by atoms with Crippen LogP contribution < -0.4 is 5.32 Å². The number of aliphatic hydroxyl groups excluding tert-OH is 1. The minimum atomic E-state index is -0.185. The maximum absolute atomic E-state index is 13.1. The molecule has 0 spiro atoms. The van der Waals surface area contributed by atoms with Crippen LogP contribution in [0.5, 0.6) is 0 Å². The first-order valence-electron chi connectivity index (χ1n) is 10.1. The number of aliphatic hydroxyl groups is 1. The van der Waals surface area contributed by atoms with Gasteiger partial charge in [0.1, 0.15) is 5.69 Å². The number of methoxy groups -OCH3 is 1. The molecule has 1 aliphatic carbocycles. The van der Waals surface area contributed by atoms with Crippen LogP contribution in [0.3, 0.4) is 0 Å². The molecule has 27 heavy (non-hydrogen) atoms. The number of ether oxygens (including phenoxy) is 2.